The van der Waals surface area contributed by atoms with Crippen LogP contribution in [0.15, 0.2) is 0 Å². The molecule has 1 atom stereocenters. The molecule has 1 rings (SSSR count). The predicted octanol–water partition coefficient (Wildman–Crippen LogP) is -1.57. The molecule has 9 heavy (non-hydrogen) atoms. The summed E-state index contributed by atoms with van der Waals surface area (Å²) in [6.45, 7) is 2.17. The molecule has 0 aromatic carbocycles. The van der Waals surface area contributed by atoms with Crippen molar-refractivity contribution >= 4 is 14.3 Å². The number of hydrogen-bond acceptors (Lipinski definition) is 3. The first-order valence-corrected chi connectivity index (χ1v) is 3.08. The van der Waals surface area contributed by atoms with Crippen molar-refractivity contribution in [2.24, 2.45) is 0 Å². The van der Waals surface area contributed by atoms with E-state index in [0.29, 0.717) is 6.61 Å². The number of ether oxygens (including phenoxy) is 1. The third kappa shape index (κ3) is 1.53. The minimum Gasteiger partial charge on any atom is -0.378 e. The van der Waals surface area contributed by atoms with Crippen LogP contribution in [0.5, 0.6) is 0 Å². The van der Waals surface area contributed by atoms with E-state index in [1.807, 2.05) is 12.8 Å². The molecule has 50 valence electrons. The second kappa shape index (κ2) is 2.99. The quantitative estimate of drug-likeness (QED) is 0.315. The summed E-state index contributed by atoms with van der Waals surface area (Å²) in [4.78, 5) is 12.2. The number of carbonyl (C=O) groups excluding carboxylic acids is 1. The SMILES string of the molecule is BN1CCOCC1C=O. The second-order valence-electron chi connectivity index (χ2n) is 2.26. The van der Waals surface area contributed by atoms with E-state index in [9.17, 15) is 4.79 Å². The average Bonchev–Trinajstić information content (AvgIpc) is 1.89. The average molecular weight is 127 g/mol. The summed E-state index contributed by atoms with van der Waals surface area (Å²) >= 11 is 0. The van der Waals surface area contributed by atoms with Gasteiger partial charge in [-0.25, -0.2) is 0 Å². The molecule has 0 spiro atoms. The first kappa shape index (κ1) is 6.77. The summed E-state index contributed by atoms with van der Waals surface area (Å²) in [6.07, 6.45) is 0.930. The molecule has 0 aliphatic carbocycles. The molecule has 0 aromatic heterocycles. The maximum absolute atomic E-state index is 10.2. The molecule has 1 saturated heterocycles. The van der Waals surface area contributed by atoms with Crippen molar-refractivity contribution in [3.8, 4) is 0 Å². The lowest BCUT2D eigenvalue weighted by molar-refractivity contribution is -0.114. The van der Waals surface area contributed by atoms with Crippen LogP contribution in [-0.4, -0.2) is 44.9 Å². The molecule has 0 radical (unpaired) electrons. The van der Waals surface area contributed by atoms with Crippen LogP contribution in [0.3, 0.4) is 0 Å². The van der Waals surface area contributed by atoms with Crippen molar-refractivity contribution in [3.63, 3.8) is 0 Å². The van der Waals surface area contributed by atoms with Gasteiger partial charge in [-0.3, -0.25) is 0 Å². The summed E-state index contributed by atoms with van der Waals surface area (Å²) in [6, 6.07) is -0.0150. The zero-order valence-corrected chi connectivity index (χ0v) is 5.54. The predicted molar refractivity (Wildman–Crippen MR) is 35.9 cm³/mol. The van der Waals surface area contributed by atoms with Gasteiger partial charge in [-0.05, 0) is 0 Å². The first-order valence-electron chi connectivity index (χ1n) is 3.08. The van der Waals surface area contributed by atoms with Gasteiger partial charge in [0, 0.05) is 6.54 Å². The fourth-order valence-corrected chi connectivity index (χ4v) is 0.849. The Morgan fingerprint density at radius 2 is 2.56 bits per heavy atom. The van der Waals surface area contributed by atoms with Gasteiger partial charge in [-0.2, -0.15) is 0 Å². The Hall–Kier alpha value is -0.345. The van der Waals surface area contributed by atoms with Gasteiger partial charge in [-0.15, -0.1) is 0 Å². The van der Waals surface area contributed by atoms with Crippen LogP contribution in [0.1, 0.15) is 0 Å². The van der Waals surface area contributed by atoms with Crippen LogP contribution in [-0.2, 0) is 9.53 Å². The molecule has 3 nitrogen and oxygen atoms in total. The van der Waals surface area contributed by atoms with Gasteiger partial charge < -0.3 is 14.3 Å². The van der Waals surface area contributed by atoms with E-state index >= 15 is 0 Å². The molecule has 1 unspecified atom stereocenters. The zero-order chi connectivity index (χ0) is 6.69. The highest BCUT2D eigenvalue weighted by Crippen LogP contribution is 1.98. The second-order valence-corrected chi connectivity index (χ2v) is 2.26. The van der Waals surface area contributed by atoms with Gasteiger partial charge in [0.15, 0.2) is 7.98 Å². The van der Waals surface area contributed by atoms with Crippen molar-refractivity contribution < 1.29 is 9.53 Å². The summed E-state index contributed by atoms with van der Waals surface area (Å²) < 4.78 is 5.07. The Labute approximate surface area is 55.4 Å². The van der Waals surface area contributed by atoms with Crippen LogP contribution in [0.4, 0.5) is 0 Å². The molecule has 0 bridgehead atoms. The number of rotatable bonds is 1. The van der Waals surface area contributed by atoms with E-state index < -0.39 is 0 Å². The van der Waals surface area contributed by atoms with Crippen molar-refractivity contribution in [2.75, 3.05) is 19.8 Å². The standard InChI is InChI=1S/C5H10BNO2/c6-7-1-2-9-4-5(7)3-8/h3,5H,1-2,4,6H2. The largest absolute Gasteiger partial charge is 0.378 e. The van der Waals surface area contributed by atoms with E-state index in [4.69, 9.17) is 4.74 Å². The van der Waals surface area contributed by atoms with E-state index in [0.717, 1.165) is 19.4 Å². The molecule has 1 heterocycles. The van der Waals surface area contributed by atoms with Crippen LogP contribution in [0, 0.1) is 0 Å². The van der Waals surface area contributed by atoms with Gasteiger partial charge in [0.25, 0.3) is 0 Å². The van der Waals surface area contributed by atoms with E-state index in [2.05, 4.69) is 0 Å². The first-order chi connectivity index (χ1) is 4.34. The molecule has 0 N–H and O–H groups in total. The Morgan fingerprint density at radius 3 is 3.00 bits per heavy atom. The van der Waals surface area contributed by atoms with Crippen molar-refractivity contribution in [1.82, 2.24) is 4.81 Å². The summed E-state index contributed by atoms with van der Waals surface area (Å²) in [5.74, 6) is 0. The molecule has 0 saturated carbocycles. The lowest BCUT2D eigenvalue weighted by atomic mass is 10.1. The highest BCUT2D eigenvalue weighted by atomic mass is 16.5. The summed E-state index contributed by atoms with van der Waals surface area (Å²) in [7, 11) is 1.93. The Morgan fingerprint density at radius 1 is 1.78 bits per heavy atom. The number of morpholine rings is 1. The topological polar surface area (TPSA) is 29.5 Å². The molecule has 1 aliphatic rings. The maximum atomic E-state index is 10.2. The highest BCUT2D eigenvalue weighted by molar-refractivity contribution is 6.05. The third-order valence-corrected chi connectivity index (χ3v) is 1.60. The van der Waals surface area contributed by atoms with Crippen LogP contribution in [0.25, 0.3) is 0 Å². The zero-order valence-electron chi connectivity index (χ0n) is 5.54. The van der Waals surface area contributed by atoms with Crippen molar-refractivity contribution in [2.45, 2.75) is 6.04 Å². The molecular weight excluding hydrogens is 117 g/mol. The van der Waals surface area contributed by atoms with Crippen LogP contribution in [0.2, 0.25) is 0 Å². The monoisotopic (exact) mass is 127 g/mol. The normalized spacial score (nSPS) is 30.0. The molecular formula is C5H10BNO2. The number of nitrogens with zero attached hydrogens (tertiary/aromatic N) is 1. The summed E-state index contributed by atoms with van der Waals surface area (Å²) in [5.41, 5.74) is 0. The van der Waals surface area contributed by atoms with Crippen molar-refractivity contribution in [1.29, 1.82) is 0 Å². The van der Waals surface area contributed by atoms with Crippen molar-refractivity contribution in [3.05, 3.63) is 0 Å². The molecule has 1 fully saturated rings. The molecule has 1 aliphatic heterocycles. The highest BCUT2D eigenvalue weighted by Gasteiger charge is 2.16. The van der Waals surface area contributed by atoms with Crippen LogP contribution >= 0.6 is 0 Å². The lowest BCUT2D eigenvalue weighted by Gasteiger charge is -2.28. The number of aldehydes is 1. The van der Waals surface area contributed by atoms with E-state index in [1.54, 1.807) is 0 Å². The smallest absolute Gasteiger partial charge is 0.186 e. The Bertz CT molecular complexity index is 109. The minimum atomic E-state index is -0.0150. The van der Waals surface area contributed by atoms with Gasteiger partial charge in [0.2, 0.25) is 0 Å². The third-order valence-electron chi connectivity index (χ3n) is 1.60. The van der Waals surface area contributed by atoms with Crippen LogP contribution < -0.4 is 0 Å². The van der Waals surface area contributed by atoms with Gasteiger partial charge in [-0.1, -0.05) is 0 Å². The molecule has 0 amide bonds. The van der Waals surface area contributed by atoms with E-state index in [-0.39, 0.29) is 6.04 Å². The maximum Gasteiger partial charge on any atom is 0.186 e. The van der Waals surface area contributed by atoms with Gasteiger partial charge >= 0.3 is 0 Å². The summed E-state index contributed by atoms with van der Waals surface area (Å²) in [5, 5.41) is 0. The Kier molecular flexibility index (Phi) is 2.25. The minimum absolute atomic E-state index is 0.0150. The molecule has 4 heteroatoms. The fraction of sp³-hybridized carbons (Fsp3) is 0.800. The van der Waals surface area contributed by atoms with Gasteiger partial charge in [0.1, 0.15) is 6.29 Å². The number of hydrogen-bond donors (Lipinski definition) is 0. The van der Waals surface area contributed by atoms with Gasteiger partial charge in [0.05, 0.1) is 19.3 Å². The number of carbonyl (C=O) groups is 1. The lowest BCUT2D eigenvalue weighted by Crippen LogP contribution is -2.44. The Balaban J connectivity index is 2.38. The van der Waals surface area contributed by atoms with E-state index in [1.165, 1.54) is 0 Å². The molecule has 0 aromatic rings. The fourth-order valence-electron chi connectivity index (χ4n) is 0.849.